The lowest BCUT2D eigenvalue weighted by Crippen LogP contribution is -2.44. The summed E-state index contributed by atoms with van der Waals surface area (Å²) in [5.41, 5.74) is 4.51. The standard InChI is InChI=1S/C23H23F3N8O4/c1-3-4-10-34(16-13(17(27)35)6-5-7-14(16)38-20(37)23(24,25)26)22-31-18-15(19(36)32(22)2)29-21(30-18)33-11-8-28-9-12-33/h5-7,28H,8-12H2,1-2H3,(H2,27,35)(H,29,30). The Morgan fingerprint density at radius 1 is 1.24 bits per heavy atom. The van der Waals surface area contributed by atoms with E-state index >= 15 is 0 Å². The molecule has 1 aliphatic rings. The Balaban J connectivity index is 1.92. The number of primary amides is 1. The van der Waals surface area contributed by atoms with E-state index in [0.29, 0.717) is 19.0 Å². The fourth-order valence-corrected chi connectivity index (χ4v) is 3.93. The van der Waals surface area contributed by atoms with Gasteiger partial charge in [0, 0.05) is 33.2 Å². The molecule has 2 aromatic heterocycles. The zero-order valence-electron chi connectivity index (χ0n) is 20.3. The molecule has 1 aromatic carbocycles. The number of ether oxygens (including phenoxy) is 1. The van der Waals surface area contributed by atoms with Crippen molar-refractivity contribution >= 4 is 40.6 Å². The molecule has 3 aromatic rings. The number of aromatic amines is 1. The molecular weight excluding hydrogens is 509 g/mol. The Morgan fingerprint density at radius 2 is 1.95 bits per heavy atom. The van der Waals surface area contributed by atoms with E-state index in [1.165, 1.54) is 31.0 Å². The van der Waals surface area contributed by atoms with Crippen LogP contribution >= 0.6 is 0 Å². The summed E-state index contributed by atoms with van der Waals surface area (Å²) < 4.78 is 44.8. The van der Waals surface area contributed by atoms with E-state index in [1.54, 1.807) is 0 Å². The van der Waals surface area contributed by atoms with Crippen molar-refractivity contribution in [2.24, 2.45) is 12.8 Å². The first kappa shape index (κ1) is 26.5. The van der Waals surface area contributed by atoms with Crippen LogP contribution in [0.5, 0.6) is 5.75 Å². The highest BCUT2D eigenvalue weighted by Gasteiger charge is 2.42. The largest absolute Gasteiger partial charge is 0.491 e. The zero-order valence-corrected chi connectivity index (χ0v) is 20.3. The van der Waals surface area contributed by atoms with Crippen molar-refractivity contribution in [1.82, 2.24) is 24.8 Å². The van der Waals surface area contributed by atoms with Crippen molar-refractivity contribution in [2.75, 3.05) is 42.5 Å². The van der Waals surface area contributed by atoms with E-state index in [0.717, 1.165) is 23.7 Å². The fourth-order valence-electron chi connectivity index (χ4n) is 3.93. The molecule has 1 aliphatic heterocycles. The number of esters is 1. The summed E-state index contributed by atoms with van der Waals surface area (Å²) in [6, 6.07) is 3.50. The molecule has 38 heavy (non-hydrogen) atoms. The minimum absolute atomic E-state index is 0.0384. The normalized spacial score (nSPS) is 13.7. The molecule has 0 atom stereocenters. The van der Waals surface area contributed by atoms with Gasteiger partial charge in [-0.1, -0.05) is 12.0 Å². The molecule has 0 saturated carbocycles. The first-order valence-corrected chi connectivity index (χ1v) is 11.3. The van der Waals surface area contributed by atoms with E-state index < -0.39 is 29.4 Å². The SMILES string of the molecule is CC#CCN(c1c(OC(=O)C(F)(F)F)cccc1C(N)=O)c1nc2nc(N3CCNCC3)[nH]c2c(=O)n1C. The predicted octanol–water partition coefficient (Wildman–Crippen LogP) is 0.794. The molecule has 1 fully saturated rings. The molecule has 15 heteroatoms. The molecule has 4 rings (SSSR count). The van der Waals surface area contributed by atoms with Gasteiger partial charge in [-0.05, 0) is 19.1 Å². The molecule has 200 valence electrons. The highest BCUT2D eigenvalue weighted by Crippen LogP contribution is 2.37. The monoisotopic (exact) mass is 532 g/mol. The van der Waals surface area contributed by atoms with Gasteiger partial charge in [-0.3, -0.25) is 19.1 Å². The Kier molecular flexibility index (Phi) is 7.26. The van der Waals surface area contributed by atoms with Gasteiger partial charge in [-0.2, -0.15) is 23.1 Å². The van der Waals surface area contributed by atoms with Crippen molar-refractivity contribution in [1.29, 1.82) is 0 Å². The third-order valence-corrected chi connectivity index (χ3v) is 5.74. The highest BCUT2D eigenvalue weighted by molar-refractivity contribution is 6.01. The van der Waals surface area contributed by atoms with Crippen LogP contribution in [0, 0.1) is 11.8 Å². The van der Waals surface area contributed by atoms with Crippen LogP contribution in [0.2, 0.25) is 0 Å². The molecule has 12 nitrogen and oxygen atoms in total. The number of piperazine rings is 1. The van der Waals surface area contributed by atoms with Crippen LogP contribution in [0.15, 0.2) is 23.0 Å². The van der Waals surface area contributed by atoms with Gasteiger partial charge in [0.05, 0.1) is 12.1 Å². The van der Waals surface area contributed by atoms with Gasteiger partial charge in [-0.15, -0.1) is 5.92 Å². The van der Waals surface area contributed by atoms with Crippen molar-refractivity contribution in [3.63, 3.8) is 0 Å². The maximum atomic E-state index is 13.3. The van der Waals surface area contributed by atoms with E-state index in [2.05, 4.69) is 36.8 Å². The topological polar surface area (TPSA) is 151 Å². The average Bonchev–Trinajstić information content (AvgIpc) is 3.32. The second kappa shape index (κ2) is 10.4. The van der Waals surface area contributed by atoms with E-state index in [9.17, 15) is 27.6 Å². The number of imidazole rings is 1. The average molecular weight is 532 g/mol. The number of para-hydroxylation sites is 1. The van der Waals surface area contributed by atoms with Gasteiger partial charge < -0.3 is 25.7 Å². The molecule has 0 unspecified atom stereocenters. The van der Waals surface area contributed by atoms with Gasteiger partial charge in [0.15, 0.2) is 16.9 Å². The van der Waals surface area contributed by atoms with Crippen molar-refractivity contribution in [3.8, 4) is 17.6 Å². The number of alkyl halides is 3. The summed E-state index contributed by atoms with van der Waals surface area (Å²) in [4.78, 5) is 52.3. The van der Waals surface area contributed by atoms with E-state index in [-0.39, 0.29) is 34.9 Å². The van der Waals surface area contributed by atoms with Gasteiger partial charge in [0.25, 0.3) is 11.5 Å². The number of fused-ring (bicyclic) bond motifs is 1. The van der Waals surface area contributed by atoms with Crippen molar-refractivity contribution in [3.05, 3.63) is 34.1 Å². The van der Waals surface area contributed by atoms with Crippen LogP contribution in [0.1, 0.15) is 17.3 Å². The molecular formula is C23H23F3N8O4. The van der Waals surface area contributed by atoms with Crippen LogP contribution in [-0.2, 0) is 11.8 Å². The lowest BCUT2D eigenvalue weighted by Gasteiger charge is -2.26. The number of carbonyl (C=O) groups excluding carboxylic acids is 2. The van der Waals surface area contributed by atoms with Gasteiger partial charge in [0.1, 0.15) is 5.69 Å². The lowest BCUT2D eigenvalue weighted by molar-refractivity contribution is -0.189. The quantitative estimate of drug-likeness (QED) is 0.238. The van der Waals surface area contributed by atoms with Crippen molar-refractivity contribution < 1.29 is 27.5 Å². The third-order valence-electron chi connectivity index (χ3n) is 5.74. The Bertz CT molecular complexity index is 1510. The van der Waals surface area contributed by atoms with E-state index in [4.69, 9.17) is 5.73 Å². The third kappa shape index (κ3) is 5.11. The molecule has 1 saturated heterocycles. The highest BCUT2D eigenvalue weighted by atomic mass is 19.4. The smallest absolute Gasteiger partial charge is 0.418 e. The number of nitrogens with zero attached hydrogens (tertiary/aromatic N) is 5. The van der Waals surface area contributed by atoms with Crippen LogP contribution in [-0.4, -0.2) is 70.3 Å². The molecule has 4 N–H and O–H groups in total. The number of hydrogen-bond acceptors (Lipinski definition) is 9. The predicted molar refractivity (Wildman–Crippen MR) is 131 cm³/mol. The number of hydrogen-bond donors (Lipinski definition) is 3. The molecule has 0 spiro atoms. The number of halogens is 3. The number of anilines is 3. The second-order valence-corrected chi connectivity index (χ2v) is 8.19. The van der Waals surface area contributed by atoms with Gasteiger partial charge in [0.2, 0.25) is 11.9 Å². The summed E-state index contributed by atoms with van der Waals surface area (Å²) in [6.07, 6.45) is -5.31. The molecule has 0 aliphatic carbocycles. The number of nitrogens with two attached hydrogens (primary N) is 1. The number of H-pyrrole nitrogens is 1. The van der Waals surface area contributed by atoms with Crippen LogP contribution in [0.25, 0.3) is 11.2 Å². The first-order chi connectivity index (χ1) is 18.0. The Morgan fingerprint density at radius 3 is 2.58 bits per heavy atom. The van der Waals surface area contributed by atoms with E-state index in [1.807, 2.05) is 4.90 Å². The Hall–Kier alpha value is -4.58. The maximum Gasteiger partial charge on any atom is 0.491 e. The lowest BCUT2D eigenvalue weighted by atomic mass is 10.1. The van der Waals surface area contributed by atoms with Crippen LogP contribution in [0.4, 0.5) is 30.8 Å². The van der Waals surface area contributed by atoms with Crippen LogP contribution < -0.4 is 31.1 Å². The second-order valence-electron chi connectivity index (χ2n) is 8.19. The Labute approximate surface area is 213 Å². The van der Waals surface area contributed by atoms with Gasteiger partial charge >= 0.3 is 12.1 Å². The first-order valence-electron chi connectivity index (χ1n) is 11.3. The minimum Gasteiger partial charge on any atom is -0.418 e. The molecule has 3 heterocycles. The van der Waals surface area contributed by atoms with Gasteiger partial charge in [-0.25, -0.2) is 4.79 Å². The molecule has 0 radical (unpaired) electrons. The summed E-state index contributed by atoms with van der Waals surface area (Å²) in [5.74, 6) is 1.53. The fraction of sp³-hybridized carbons (Fsp3) is 0.348. The maximum absolute atomic E-state index is 13.3. The molecule has 0 bridgehead atoms. The summed E-state index contributed by atoms with van der Waals surface area (Å²) in [7, 11) is 1.39. The number of carbonyl (C=O) groups is 2. The number of benzene rings is 1. The minimum atomic E-state index is -5.31. The van der Waals surface area contributed by atoms with Crippen molar-refractivity contribution in [2.45, 2.75) is 13.1 Å². The zero-order chi connectivity index (χ0) is 27.6. The number of nitrogens with one attached hydrogen (secondary N) is 2. The molecule has 1 amide bonds. The number of amides is 1. The number of aromatic nitrogens is 4. The summed E-state index contributed by atoms with van der Waals surface area (Å²) in [5, 5.41) is 3.21. The summed E-state index contributed by atoms with van der Waals surface area (Å²) >= 11 is 0. The number of rotatable bonds is 6. The van der Waals surface area contributed by atoms with Crippen LogP contribution in [0.3, 0.4) is 0 Å². The summed E-state index contributed by atoms with van der Waals surface area (Å²) in [6.45, 7) is 4.00.